The fourth-order valence-corrected chi connectivity index (χ4v) is 3.52. The third-order valence-corrected chi connectivity index (χ3v) is 5.01. The Kier molecular flexibility index (Phi) is 6.06. The molecule has 1 aliphatic rings. The molecule has 1 aliphatic heterocycles. The number of halogens is 1. The third kappa shape index (κ3) is 4.62. The first-order chi connectivity index (χ1) is 13.8. The van der Waals surface area contributed by atoms with E-state index in [0.717, 1.165) is 50.6 Å². The van der Waals surface area contributed by atoms with E-state index in [2.05, 4.69) is 32.4 Å². The molecule has 2 aromatic carbocycles. The van der Waals surface area contributed by atoms with Crippen molar-refractivity contribution in [2.75, 3.05) is 32.8 Å². The zero-order chi connectivity index (χ0) is 19.2. The van der Waals surface area contributed by atoms with Crippen LogP contribution in [-0.4, -0.2) is 52.5 Å². The number of morpholine rings is 1. The lowest BCUT2D eigenvalue weighted by molar-refractivity contribution is 0.0160. The molecule has 146 valence electrons. The average Bonchev–Trinajstić information content (AvgIpc) is 3.27. The van der Waals surface area contributed by atoms with E-state index in [-0.39, 0.29) is 11.9 Å². The van der Waals surface area contributed by atoms with E-state index in [1.807, 2.05) is 18.2 Å². The molecule has 1 saturated heterocycles. The summed E-state index contributed by atoms with van der Waals surface area (Å²) in [5.41, 5.74) is 3.16. The van der Waals surface area contributed by atoms with Gasteiger partial charge in [0.1, 0.15) is 18.5 Å². The van der Waals surface area contributed by atoms with Crippen molar-refractivity contribution in [3.8, 4) is 5.69 Å². The highest BCUT2D eigenvalue weighted by atomic mass is 19.1. The van der Waals surface area contributed by atoms with Crippen molar-refractivity contribution in [2.45, 2.75) is 12.6 Å². The molecule has 1 unspecified atom stereocenters. The lowest BCUT2D eigenvalue weighted by Crippen LogP contribution is -2.42. The topological polar surface area (TPSA) is 55.2 Å². The van der Waals surface area contributed by atoms with E-state index in [0.29, 0.717) is 0 Å². The fourth-order valence-electron chi connectivity index (χ4n) is 3.52. The second-order valence-electron chi connectivity index (χ2n) is 6.86. The molecule has 1 atom stereocenters. The summed E-state index contributed by atoms with van der Waals surface area (Å²) in [5, 5.41) is 7.67. The van der Waals surface area contributed by atoms with Crippen LogP contribution < -0.4 is 5.32 Å². The van der Waals surface area contributed by atoms with Gasteiger partial charge in [-0.2, -0.15) is 5.10 Å². The maximum Gasteiger partial charge on any atom is 0.138 e. The van der Waals surface area contributed by atoms with Crippen molar-refractivity contribution in [1.29, 1.82) is 0 Å². The molecule has 1 aromatic heterocycles. The van der Waals surface area contributed by atoms with Crippen LogP contribution in [0.25, 0.3) is 5.69 Å². The molecule has 1 N–H and O–H groups in total. The van der Waals surface area contributed by atoms with Gasteiger partial charge >= 0.3 is 0 Å². The Morgan fingerprint density at radius 2 is 1.93 bits per heavy atom. The lowest BCUT2D eigenvalue weighted by atomic mass is 10.0. The van der Waals surface area contributed by atoms with Gasteiger partial charge in [-0.05, 0) is 35.4 Å². The van der Waals surface area contributed by atoms with E-state index in [4.69, 9.17) is 4.74 Å². The van der Waals surface area contributed by atoms with Crippen LogP contribution in [0.5, 0.6) is 0 Å². The molecule has 28 heavy (non-hydrogen) atoms. The maximum atomic E-state index is 13.8. The van der Waals surface area contributed by atoms with Crippen LogP contribution in [0.4, 0.5) is 4.39 Å². The minimum absolute atomic E-state index is 0.119. The van der Waals surface area contributed by atoms with Crippen LogP contribution in [0, 0.1) is 5.82 Å². The number of benzene rings is 2. The van der Waals surface area contributed by atoms with Gasteiger partial charge in [-0.1, -0.05) is 24.3 Å². The summed E-state index contributed by atoms with van der Waals surface area (Å²) < 4.78 is 21.0. The number of nitrogens with one attached hydrogen (secondary N) is 1. The van der Waals surface area contributed by atoms with Gasteiger partial charge in [0.15, 0.2) is 0 Å². The Balaban J connectivity index is 1.40. The van der Waals surface area contributed by atoms with E-state index >= 15 is 0 Å². The largest absolute Gasteiger partial charge is 0.379 e. The summed E-state index contributed by atoms with van der Waals surface area (Å²) in [6.07, 6.45) is 3.20. The van der Waals surface area contributed by atoms with Gasteiger partial charge in [0.05, 0.1) is 18.9 Å². The number of hydrogen-bond acceptors (Lipinski definition) is 5. The molecule has 7 heteroatoms. The summed E-state index contributed by atoms with van der Waals surface area (Å²) in [6.45, 7) is 4.64. The van der Waals surface area contributed by atoms with Crippen LogP contribution in [0.3, 0.4) is 0 Å². The van der Waals surface area contributed by atoms with Crippen LogP contribution in [0.15, 0.2) is 61.2 Å². The van der Waals surface area contributed by atoms with Crippen molar-refractivity contribution < 1.29 is 9.13 Å². The Morgan fingerprint density at radius 1 is 1.11 bits per heavy atom. The van der Waals surface area contributed by atoms with Gasteiger partial charge in [-0.15, -0.1) is 0 Å². The smallest absolute Gasteiger partial charge is 0.138 e. The molecule has 0 spiro atoms. The van der Waals surface area contributed by atoms with E-state index in [1.165, 1.54) is 18.0 Å². The second-order valence-corrected chi connectivity index (χ2v) is 6.86. The summed E-state index contributed by atoms with van der Waals surface area (Å²) in [5.74, 6) is -0.195. The minimum Gasteiger partial charge on any atom is -0.379 e. The van der Waals surface area contributed by atoms with Gasteiger partial charge in [0.25, 0.3) is 0 Å². The maximum absolute atomic E-state index is 13.8. The van der Waals surface area contributed by atoms with E-state index in [9.17, 15) is 4.39 Å². The predicted octanol–water partition coefficient (Wildman–Crippen LogP) is 2.57. The Morgan fingerprint density at radius 3 is 2.64 bits per heavy atom. The average molecular weight is 381 g/mol. The lowest BCUT2D eigenvalue weighted by Gasteiger charge is -2.35. The summed E-state index contributed by atoms with van der Waals surface area (Å²) in [4.78, 5) is 6.33. The third-order valence-electron chi connectivity index (χ3n) is 5.01. The number of hydrogen-bond donors (Lipinski definition) is 1. The SMILES string of the molecule is Fc1cccc(C(CNCc2ccc(-n3cncn3)cc2)N2CCOCC2)c1. The van der Waals surface area contributed by atoms with Gasteiger partial charge in [-0.25, -0.2) is 14.1 Å². The molecular weight excluding hydrogens is 357 g/mol. The second kappa shape index (κ2) is 9.05. The van der Waals surface area contributed by atoms with Crippen LogP contribution >= 0.6 is 0 Å². The molecule has 0 saturated carbocycles. The quantitative estimate of drug-likeness (QED) is 0.682. The van der Waals surface area contributed by atoms with E-state index < -0.39 is 0 Å². The van der Waals surface area contributed by atoms with Crippen molar-refractivity contribution in [2.24, 2.45) is 0 Å². The van der Waals surface area contributed by atoms with Crippen molar-refractivity contribution in [3.63, 3.8) is 0 Å². The van der Waals surface area contributed by atoms with Gasteiger partial charge in [0, 0.05) is 32.2 Å². The minimum atomic E-state index is -0.195. The molecule has 0 amide bonds. The van der Waals surface area contributed by atoms with Crippen molar-refractivity contribution >= 4 is 0 Å². The number of aromatic nitrogens is 3. The molecule has 2 heterocycles. The van der Waals surface area contributed by atoms with Crippen molar-refractivity contribution in [3.05, 3.63) is 78.1 Å². The van der Waals surface area contributed by atoms with Gasteiger partial charge in [-0.3, -0.25) is 4.90 Å². The van der Waals surface area contributed by atoms with Crippen LogP contribution in [0.1, 0.15) is 17.2 Å². The summed E-state index contributed by atoms with van der Waals surface area (Å²) >= 11 is 0. The highest BCUT2D eigenvalue weighted by Gasteiger charge is 2.22. The van der Waals surface area contributed by atoms with Crippen molar-refractivity contribution in [1.82, 2.24) is 25.0 Å². The molecular formula is C21H24FN5O. The number of rotatable bonds is 7. The first-order valence-electron chi connectivity index (χ1n) is 9.51. The molecule has 1 fully saturated rings. The first-order valence-corrected chi connectivity index (χ1v) is 9.51. The van der Waals surface area contributed by atoms with Crippen LogP contribution in [-0.2, 0) is 11.3 Å². The zero-order valence-corrected chi connectivity index (χ0v) is 15.7. The summed E-state index contributed by atoms with van der Waals surface area (Å²) in [6, 6.07) is 15.2. The predicted molar refractivity (Wildman–Crippen MR) is 105 cm³/mol. The molecule has 3 aromatic rings. The normalized spacial score (nSPS) is 16.2. The molecule has 0 bridgehead atoms. The molecule has 4 rings (SSSR count). The van der Waals surface area contributed by atoms with Gasteiger partial charge < -0.3 is 10.1 Å². The first kappa shape index (κ1) is 18.7. The Hall–Kier alpha value is -2.61. The summed E-state index contributed by atoms with van der Waals surface area (Å²) in [7, 11) is 0. The molecule has 0 aliphatic carbocycles. The van der Waals surface area contributed by atoms with Crippen LogP contribution in [0.2, 0.25) is 0 Å². The zero-order valence-electron chi connectivity index (χ0n) is 15.7. The monoisotopic (exact) mass is 381 g/mol. The fraction of sp³-hybridized carbons (Fsp3) is 0.333. The standard InChI is InChI=1S/C21H24FN5O/c22-19-3-1-2-18(12-19)21(26-8-10-28-11-9-26)14-23-13-17-4-6-20(7-5-17)27-16-24-15-25-27/h1-7,12,15-16,21,23H,8-11,13-14H2. The molecule has 0 radical (unpaired) electrons. The Bertz CT molecular complexity index is 863. The molecule has 6 nitrogen and oxygen atoms in total. The van der Waals surface area contributed by atoms with Gasteiger partial charge in [0.2, 0.25) is 0 Å². The Labute approximate surface area is 164 Å². The number of ether oxygens (including phenoxy) is 1. The highest BCUT2D eigenvalue weighted by Crippen LogP contribution is 2.22. The van der Waals surface area contributed by atoms with E-state index in [1.54, 1.807) is 23.1 Å². The highest BCUT2D eigenvalue weighted by molar-refractivity contribution is 5.33. The number of nitrogens with zero attached hydrogens (tertiary/aromatic N) is 4.